The summed E-state index contributed by atoms with van der Waals surface area (Å²) in [5.41, 5.74) is 1.23. The Kier molecular flexibility index (Phi) is 19.2. The molecule has 1 amide bonds. The maximum absolute atomic E-state index is 13.4. The normalized spacial score (nSPS) is 12.2. The third-order valence-corrected chi connectivity index (χ3v) is 9.86. The minimum atomic E-state index is -0.766. The first kappa shape index (κ1) is 39.9. The molecule has 0 saturated heterocycles. The Balaban J connectivity index is 1.65. The van der Waals surface area contributed by atoms with E-state index in [1.165, 1.54) is 64.2 Å². The molecule has 0 unspecified atom stereocenters. The van der Waals surface area contributed by atoms with Gasteiger partial charge in [0, 0.05) is 19.0 Å². The highest BCUT2D eigenvalue weighted by Crippen LogP contribution is 2.20. The Morgan fingerprint density at radius 1 is 0.562 bits per heavy atom. The van der Waals surface area contributed by atoms with Crippen molar-refractivity contribution in [1.82, 2.24) is 5.32 Å². The van der Waals surface area contributed by atoms with Crippen LogP contribution >= 0.6 is 47.8 Å². The summed E-state index contributed by atoms with van der Waals surface area (Å²) in [5, 5.41) is 3.01. The highest BCUT2D eigenvalue weighted by Gasteiger charge is 2.29. The number of carbonyl (C=O) groups is 3. The second kappa shape index (κ2) is 23.0. The maximum Gasteiger partial charge on any atom is 0.338 e. The number of amides is 1. The lowest BCUT2D eigenvalue weighted by Crippen LogP contribution is -2.48. The van der Waals surface area contributed by atoms with Crippen LogP contribution in [0.15, 0.2) is 86.2 Å². The first-order valence-corrected chi connectivity index (χ1v) is 19.6. The van der Waals surface area contributed by atoms with Gasteiger partial charge >= 0.3 is 11.9 Å². The first-order chi connectivity index (χ1) is 23.3. The van der Waals surface area contributed by atoms with Crippen molar-refractivity contribution in [3.05, 3.63) is 103 Å². The molecule has 0 bridgehead atoms. The molecular formula is C39H48Br3NO5. The molecule has 6 nitrogen and oxygen atoms in total. The Labute approximate surface area is 311 Å². The van der Waals surface area contributed by atoms with E-state index < -0.39 is 24.1 Å². The molecule has 0 spiro atoms. The molecule has 0 fully saturated rings. The Bertz CT molecular complexity index is 1380. The molecule has 0 aliphatic carbocycles. The minimum absolute atomic E-state index is 0.159. The summed E-state index contributed by atoms with van der Waals surface area (Å²) in [6.45, 7) is 2.09. The largest absolute Gasteiger partial charge is 0.460 e. The molecule has 0 heterocycles. The highest BCUT2D eigenvalue weighted by molar-refractivity contribution is 9.11. The van der Waals surface area contributed by atoms with E-state index in [4.69, 9.17) is 9.47 Å². The summed E-state index contributed by atoms with van der Waals surface area (Å²) >= 11 is 10.2. The Morgan fingerprint density at radius 2 is 0.958 bits per heavy atom. The number of hydrogen-bond acceptors (Lipinski definition) is 5. The van der Waals surface area contributed by atoms with Gasteiger partial charge in [0.2, 0.25) is 0 Å². The smallest absolute Gasteiger partial charge is 0.338 e. The Hall–Kier alpha value is -2.49. The molecule has 0 saturated carbocycles. The topological polar surface area (TPSA) is 81.7 Å². The molecule has 3 aromatic rings. The quantitative estimate of drug-likeness (QED) is 0.0804. The number of carbonyl (C=O) groups excluding carboxylic acids is 3. The summed E-state index contributed by atoms with van der Waals surface area (Å²) in [6, 6.07) is 20.0. The molecule has 2 atom stereocenters. The second-order valence-corrected chi connectivity index (χ2v) is 14.9. The average molecular weight is 851 g/mol. The molecule has 3 rings (SSSR count). The van der Waals surface area contributed by atoms with Crippen molar-refractivity contribution in [1.29, 1.82) is 0 Å². The summed E-state index contributed by atoms with van der Waals surface area (Å²) in [7, 11) is 0. The van der Waals surface area contributed by atoms with Gasteiger partial charge < -0.3 is 14.8 Å². The van der Waals surface area contributed by atoms with E-state index in [9.17, 15) is 14.4 Å². The number of esters is 2. The van der Waals surface area contributed by atoms with Crippen LogP contribution in [-0.2, 0) is 9.47 Å². The van der Waals surface area contributed by atoms with Crippen molar-refractivity contribution < 1.29 is 23.9 Å². The molecular weight excluding hydrogens is 802 g/mol. The van der Waals surface area contributed by atoms with Gasteiger partial charge in [0.25, 0.3) is 5.91 Å². The lowest BCUT2D eigenvalue weighted by Gasteiger charge is -2.28. The van der Waals surface area contributed by atoms with Crippen molar-refractivity contribution in [2.75, 3.05) is 6.61 Å². The highest BCUT2D eigenvalue weighted by atomic mass is 79.9. The van der Waals surface area contributed by atoms with Crippen LogP contribution in [0.4, 0.5) is 0 Å². The van der Waals surface area contributed by atoms with Gasteiger partial charge in [-0.15, -0.1) is 0 Å². The van der Waals surface area contributed by atoms with Crippen LogP contribution in [0.5, 0.6) is 0 Å². The van der Waals surface area contributed by atoms with Gasteiger partial charge in [-0.25, -0.2) is 9.59 Å². The maximum atomic E-state index is 13.4. The number of unbranched alkanes of at least 4 members (excludes halogenated alkanes) is 12. The zero-order chi connectivity index (χ0) is 34.6. The van der Waals surface area contributed by atoms with E-state index >= 15 is 0 Å². The summed E-state index contributed by atoms with van der Waals surface area (Å²) < 4.78 is 14.3. The zero-order valence-corrected chi connectivity index (χ0v) is 32.6. The van der Waals surface area contributed by atoms with E-state index in [0.717, 1.165) is 32.7 Å². The van der Waals surface area contributed by atoms with Gasteiger partial charge in [-0.2, -0.15) is 0 Å². The van der Waals surface area contributed by atoms with Gasteiger partial charge in [0.1, 0.15) is 18.8 Å². The number of benzene rings is 3. The van der Waals surface area contributed by atoms with Crippen molar-refractivity contribution in [2.45, 2.75) is 109 Å². The fraction of sp³-hybridized carbons (Fsp3) is 0.462. The Morgan fingerprint density at radius 3 is 1.42 bits per heavy atom. The van der Waals surface area contributed by atoms with Crippen molar-refractivity contribution in [3.8, 4) is 0 Å². The van der Waals surface area contributed by atoms with E-state index in [1.54, 1.807) is 72.8 Å². The van der Waals surface area contributed by atoms with Crippen molar-refractivity contribution in [2.24, 2.45) is 0 Å². The number of ether oxygens (including phenoxy) is 2. The van der Waals surface area contributed by atoms with Gasteiger partial charge in [-0.1, -0.05) is 132 Å². The van der Waals surface area contributed by atoms with E-state index in [-0.39, 0.29) is 12.5 Å². The summed E-state index contributed by atoms with van der Waals surface area (Å²) in [5.74, 6) is -1.36. The number of halogens is 3. The van der Waals surface area contributed by atoms with Crippen LogP contribution in [0.25, 0.3) is 0 Å². The van der Waals surface area contributed by atoms with Gasteiger partial charge in [-0.05, 0) is 85.6 Å². The molecule has 0 aliphatic rings. The SMILES string of the molecule is CCCCCCCCCCCCCCC[C@@H](OC(=O)c1ccc(Br)cc1)[C@H](COC(=O)c1ccc(Br)cc1)NC(=O)c1ccc(Br)cc1. The standard InChI is InChI=1S/C39H48Br3NO5/c1-2-3-4-5-6-7-8-9-10-11-12-13-14-15-36(48-39(46)31-20-26-34(42)27-21-31)35(43-37(44)29-16-22-32(40)23-17-29)28-47-38(45)30-18-24-33(41)25-19-30/h16-27,35-36H,2-15,28H2,1H3,(H,43,44)/t35-,36+/m0/s1. The van der Waals surface area contributed by atoms with Crippen molar-refractivity contribution in [3.63, 3.8) is 0 Å². The third-order valence-electron chi connectivity index (χ3n) is 8.28. The molecule has 0 aromatic heterocycles. The van der Waals surface area contributed by atoms with Crippen LogP contribution in [0.1, 0.15) is 128 Å². The van der Waals surface area contributed by atoms with Crippen LogP contribution in [-0.4, -0.2) is 36.6 Å². The van der Waals surface area contributed by atoms with E-state index in [0.29, 0.717) is 23.1 Å². The molecule has 0 aliphatic heterocycles. The number of nitrogens with one attached hydrogen (secondary N) is 1. The van der Waals surface area contributed by atoms with E-state index in [2.05, 4.69) is 60.0 Å². The lowest BCUT2D eigenvalue weighted by atomic mass is 10.0. The van der Waals surface area contributed by atoms with Crippen LogP contribution in [0.3, 0.4) is 0 Å². The van der Waals surface area contributed by atoms with Gasteiger partial charge in [0.15, 0.2) is 0 Å². The van der Waals surface area contributed by atoms with Crippen molar-refractivity contribution >= 4 is 65.6 Å². The van der Waals surface area contributed by atoms with Gasteiger partial charge in [-0.3, -0.25) is 4.79 Å². The van der Waals surface area contributed by atoms with Crippen LogP contribution in [0.2, 0.25) is 0 Å². The predicted molar refractivity (Wildman–Crippen MR) is 203 cm³/mol. The predicted octanol–water partition coefficient (Wildman–Crippen LogP) is 11.6. The monoisotopic (exact) mass is 847 g/mol. The third kappa shape index (κ3) is 15.4. The molecule has 0 radical (unpaired) electrons. The van der Waals surface area contributed by atoms with E-state index in [1.807, 2.05) is 0 Å². The molecule has 48 heavy (non-hydrogen) atoms. The molecule has 9 heteroatoms. The van der Waals surface area contributed by atoms with Gasteiger partial charge in [0.05, 0.1) is 11.1 Å². The summed E-state index contributed by atoms with van der Waals surface area (Å²) in [4.78, 5) is 39.7. The fourth-order valence-electron chi connectivity index (χ4n) is 5.43. The average Bonchev–Trinajstić information content (AvgIpc) is 3.08. The van der Waals surface area contributed by atoms with Crippen LogP contribution < -0.4 is 5.32 Å². The number of hydrogen-bond donors (Lipinski definition) is 1. The molecule has 260 valence electrons. The number of rotatable bonds is 22. The first-order valence-electron chi connectivity index (χ1n) is 17.2. The zero-order valence-electron chi connectivity index (χ0n) is 27.9. The fourth-order valence-corrected chi connectivity index (χ4v) is 6.22. The lowest BCUT2D eigenvalue weighted by molar-refractivity contribution is 0.00273. The van der Waals surface area contributed by atoms with Crippen LogP contribution in [0, 0.1) is 0 Å². The molecule has 1 N–H and O–H groups in total. The second-order valence-electron chi connectivity index (χ2n) is 12.2. The molecule has 3 aromatic carbocycles. The minimum Gasteiger partial charge on any atom is -0.460 e. The summed E-state index contributed by atoms with van der Waals surface area (Å²) in [6.07, 6.45) is 15.7.